The lowest BCUT2D eigenvalue weighted by Crippen LogP contribution is -2.33. The summed E-state index contributed by atoms with van der Waals surface area (Å²) in [6.45, 7) is 4.31. The van der Waals surface area contributed by atoms with Crippen molar-refractivity contribution in [2.24, 2.45) is 0 Å². The Bertz CT molecular complexity index is 491. The third kappa shape index (κ3) is 2.33. The Morgan fingerprint density at radius 2 is 2.39 bits per heavy atom. The first-order chi connectivity index (χ1) is 8.84. The van der Waals surface area contributed by atoms with Gasteiger partial charge in [0.15, 0.2) is 0 Å². The normalized spacial score (nSPS) is 21.3. The predicted molar refractivity (Wildman–Crippen MR) is 72.4 cm³/mol. The molecule has 1 N–H and O–H groups in total. The van der Waals surface area contributed by atoms with Crippen LogP contribution in [0.5, 0.6) is 0 Å². The second-order valence-electron chi connectivity index (χ2n) is 4.92. The number of aromatic nitrogens is 3. The summed E-state index contributed by atoms with van der Waals surface area (Å²) in [5.41, 5.74) is 4.48. The monoisotopic (exact) mass is 262 g/mol. The number of hydrogen-bond donors (Lipinski definition) is 1. The van der Waals surface area contributed by atoms with Crippen LogP contribution in [-0.2, 0) is 6.54 Å². The van der Waals surface area contributed by atoms with E-state index in [9.17, 15) is 0 Å². The highest BCUT2D eigenvalue weighted by Crippen LogP contribution is 2.32. The molecule has 3 heterocycles. The molecule has 0 amide bonds. The second-order valence-corrected chi connectivity index (χ2v) is 5.89. The molecule has 0 radical (unpaired) electrons. The number of thiazole rings is 1. The van der Waals surface area contributed by atoms with Gasteiger partial charge in [-0.2, -0.15) is 5.10 Å². The van der Waals surface area contributed by atoms with Gasteiger partial charge in [0.05, 0.1) is 23.4 Å². The summed E-state index contributed by atoms with van der Waals surface area (Å²) in [7, 11) is 0. The molecule has 0 bridgehead atoms. The topological polar surface area (TPSA) is 44.8 Å². The highest BCUT2D eigenvalue weighted by Gasteiger charge is 2.26. The Kier molecular flexibility index (Phi) is 3.43. The Balaban J connectivity index is 1.80. The molecule has 1 aliphatic rings. The maximum Gasteiger partial charge on any atom is 0.0794 e. The maximum absolute atomic E-state index is 4.17. The molecule has 2 aromatic rings. The SMILES string of the molecule is Cc1cn[nH]c1[C@@H]1CCCCN1Cc1cncs1. The molecule has 0 aromatic carbocycles. The van der Waals surface area contributed by atoms with Crippen LogP contribution in [0.1, 0.15) is 41.4 Å². The van der Waals surface area contributed by atoms with Gasteiger partial charge in [-0.1, -0.05) is 6.42 Å². The smallest absolute Gasteiger partial charge is 0.0794 e. The van der Waals surface area contributed by atoms with Gasteiger partial charge in [0.1, 0.15) is 0 Å². The van der Waals surface area contributed by atoms with Crippen molar-refractivity contribution in [3.05, 3.63) is 34.0 Å². The quantitative estimate of drug-likeness (QED) is 0.925. The van der Waals surface area contributed by atoms with Gasteiger partial charge in [-0.05, 0) is 31.9 Å². The maximum atomic E-state index is 4.17. The highest BCUT2D eigenvalue weighted by molar-refractivity contribution is 7.09. The van der Waals surface area contributed by atoms with E-state index in [2.05, 4.69) is 27.0 Å². The van der Waals surface area contributed by atoms with Crippen LogP contribution in [0.2, 0.25) is 0 Å². The molecule has 3 rings (SSSR count). The van der Waals surface area contributed by atoms with Gasteiger partial charge in [0.25, 0.3) is 0 Å². The number of nitrogens with one attached hydrogen (secondary N) is 1. The van der Waals surface area contributed by atoms with E-state index in [4.69, 9.17) is 0 Å². The van der Waals surface area contributed by atoms with Gasteiger partial charge in [-0.3, -0.25) is 15.0 Å². The second kappa shape index (κ2) is 5.20. The molecule has 1 fully saturated rings. The molecule has 1 saturated heterocycles. The average molecular weight is 262 g/mol. The van der Waals surface area contributed by atoms with Crippen molar-refractivity contribution < 1.29 is 0 Å². The number of rotatable bonds is 3. The van der Waals surface area contributed by atoms with Crippen LogP contribution in [0.25, 0.3) is 0 Å². The van der Waals surface area contributed by atoms with E-state index in [-0.39, 0.29) is 0 Å². The molecule has 4 nitrogen and oxygen atoms in total. The summed E-state index contributed by atoms with van der Waals surface area (Å²) in [5.74, 6) is 0. The van der Waals surface area contributed by atoms with E-state index in [0.717, 1.165) is 6.54 Å². The fourth-order valence-corrected chi connectivity index (χ4v) is 3.34. The molecule has 18 heavy (non-hydrogen) atoms. The first kappa shape index (κ1) is 11.9. The number of H-pyrrole nitrogens is 1. The number of likely N-dealkylation sites (tertiary alicyclic amines) is 1. The Labute approximate surface area is 111 Å². The average Bonchev–Trinajstić information content (AvgIpc) is 3.02. The Morgan fingerprint density at radius 1 is 1.44 bits per heavy atom. The van der Waals surface area contributed by atoms with Crippen molar-refractivity contribution in [2.45, 2.75) is 38.8 Å². The zero-order valence-electron chi connectivity index (χ0n) is 10.6. The van der Waals surface area contributed by atoms with E-state index < -0.39 is 0 Å². The summed E-state index contributed by atoms with van der Waals surface area (Å²) < 4.78 is 0. The van der Waals surface area contributed by atoms with E-state index in [0.29, 0.717) is 6.04 Å². The van der Waals surface area contributed by atoms with E-state index in [1.165, 1.54) is 41.9 Å². The number of nitrogens with zero attached hydrogens (tertiary/aromatic N) is 3. The minimum absolute atomic E-state index is 0.489. The first-order valence-electron chi connectivity index (χ1n) is 6.46. The zero-order chi connectivity index (χ0) is 12.4. The third-order valence-corrected chi connectivity index (χ3v) is 4.42. The van der Waals surface area contributed by atoms with Gasteiger partial charge >= 0.3 is 0 Å². The lowest BCUT2D eigenvalue weighted by Gasteiger charge is -2.35. The van der Waals surface area contributed by atoms with Crippen molar-refractivity contribution in [3.63, 3.8) is 0 Å². The van der Waals surface area contributed by atoms with Gasteiger partial charge in [0.2, 0.25) is 0 Å². The van der Waals surface area contributed by atoms with Gasteiger partial charge in [0, 0.05) is 17.6 Å². The lowest BCUT2D eigenvalue weighted by atomic mass is 9.97. The summed E-state index contributed by atoms with van der Waals surface area (Å²) in [5, 5.41) is 7.35. The highest BCUT2D eigenvalue weighted by atomic mass is 32.1. The van der Waals surface area contributed by atoms with E-state index >= 15 is 0 Å². The molecule has 1 atom stereocenters. The van der Waals surface area contributed by atoms with Gasteiger partial charge in [-0.15, -0.1) is 11.3 Å². The van der Waals surface area contributed by atoms with Crippen molar-refractivity contribution in [1.29, 1.82) is 0 Å². The fraction of sp³-hybridized carbons (Fsp3) is 0.538. The summed E-state index contributed by atoms with van der Waals surface area (Å²) in [4.78, 5) is 8.06. The van der Waals surface area contributed by atoms with Crippen LogP contribution in [0.3, 0.4) is 0 Å². The molecule has 0 saturated carbocycles. The first-order valence-corrected chi connectivity index (χ1v) is 7.34. The molecule has 1 aliphatic heterocycles. The van der Waals surface area contributed by atoms with Crippen LogP contribution in [-0.4, -0.2) is 26.6 Å². The Hall–Kier alpha value is -1.20. The molecule has 0 unspecified atom stereocenters. The predicted octanol–water partition coefficient (Wildman–Crippen LogP) is 2.90. The Morgan fingerprint density at radius 3 is 3.11 bits per heavy atom. The van der Waals surface area contributed by atoms with Crippen LogP contribution < -0.4 is 0 Å². The van der Waals surface area contributed by atoms with E-state index in [1.807, 2.05) is 17.9 Å². The minimum Gasteiger partial charge on any atom is -0.290 e. The van der Waals surface area contributed by atoms with Crippen LogP contribution in [0.4, 0.5) is 0 Å². The van der Waals surface area contributed by atoms with Crippen molar-refractivity contribution >= 4 is 11.3 Å². The molecular formula is C13H18N4S. The molecule has 0 aliphatic carbocycles. The van der Waals surface area contributed by atoms with Gasteiger partial charge < -0.3 is 0 Å². The third-order valence-electron chi connectivity index (χ3n) is 3.66. The number of aryl methyl sites for hydroxylation is 1. The van der Waals surface area contributed by atoms with Gasteiger partial charge in [-0.25, -0.2) is 0 Å². The number of piperidine rings is 1. The van der Waals surface area contributed by atoms with Crippen LogP contribution >= 0.6 is 11.3 Å². The van der Waals surface area contributed by atoms with Crippen molar-refractivity contribution in [3.8, 4) is 0 Å². The fourth-order valence-electron chi connectivity index (χ4n) is 2.72. The largest absolute Gasteiger partial charge is 0.290 e. The van der Waals surface area contributed by atoms with Crippen molar-refractivity contribution in [1.82, 2.24) is 20.1 Å². The summed E-state index contributed by atoms with van der Waals surface area (Å²) in [6, 6.07) is 0.489. The molecular weight excluding hydrogens is 244 g/mol. The summed E-state index contributed by atoms with van der Waals surface area (Å²) >= 11 is 1.74. The standard InChI is InChI=1S/C13H18N4S/c1-10-6-15-16-13(10)12-4-2-3-5-17(12)8-11-7-14-9-18-11/h6-7,9,12H,2-5,8H2,1H3,(H,15,16)/t12-/m0/s1. The molecule has 2 aromatic heterocycles. The van der Waals surface area contributed by atoms with Crippen molar-refractivity contribution in [2.75, 3.05) is 6.54 Å². The molecule has 0 spiro atoms. The van der Waals surface area contributed by atoms with Crippen LogP contribution in [0.15, 0.2) is 17.9 Å². The number of hydrogen-bond acceptors (Lipinski definition) is 4. The van der Waals surface area contributed by atoms with Crippen LogP contribution in [0, 0.1) is 6.92 Å². The lowest BCUT2D eigenvalue weighted by molar-refractivity contribution is 0.138. The molecule has 5 heteroatoms. The zero-order valence-corrected chi connectivity index (χ0v) is 11.4. The number of aromatic amines is 1. The summed E-state index contributed by atoms with van der Waals surface area (Å²) in [6.07, 6.45) is 7.73. The molecule has 96 valence electrons. The van der Waals surface area contributed by atoms with E-state index in [1.54, 1.807) is 11.3 Å². The minimum atomic E-state index is 0.489.